The lowest BCUT2D eigenvalue weighted by Crippen LogP contribution is -2.34. The molecule has 130 valence electrons. The highest BCUT2D eigenvalue weighted by Crippen LogP contribution is 2.32. The molecule has 0 unspecified atom stereocenters. The monoisotopic (exact) mass is 396 g/mol. The lowest BCUT2D eigenvalue weighted by Gasteiger charge is -2.23. The number of hydrogen-bond acceptors (Lipinski definition) is 4. The van der Waals surface area contributed by atoms with Crippen LogP contribution in [0.3, 0.4) is 0 Å². The fourth-order valence-electron chi connectivity index (χ4n) is 2.69. The van der Waals surface area contributed by atoms with E-state index in [0.29, 0.717) is 33.7 Å². The maximum Gasteiger partial charge on any atom is 0.307 e. The Labute approximate surface area is 158 Å². The molecular weight excluding hydrogens is 383 g/mol. The van der Waals surface area contributed by atoms with Gasteiger partial charge in [0.1, 0.15) is 0 Å². The third-order valence-corrected chi connectivity index (χ3v) is 5.53. The summed E-state index contributed by atoms with van der Waals surface area (Å²) in [7, 11) is 0. The molecule has 0 saturated carbocycles. The smallest absolute Gasteiger partial charge is 0.307 e. The Hall–Kier alpha value is -1.89. The molecule has 5 nitrogen and oxygen atoms in total. The number of halogens is 2. The zero-order valence-corrected chi connectivity index (χ0v) is 15.2. The van der Waals surface area contributed by atoms with Crippen LogP contribution in [0.15, 0.2) is 35.7 Å². The van der Waals surface area contributed by atoms with Crippen LogP contribution in [0, 0.1) is 11.8 Å². The second-order valence-electron chi connectivity index (χ2n) is 5.65. The summed E-state index contributed by atoms with van der Waals surface area (Å²) in [5.41, 5.74) is 1.45. The molecular formula is C17H14Cl2N2O3S. The Morgan fingerprint density at radius 1 is 1.16 bits per heavy atom. The molecule has 0 fully saturated rings. The van der Waals surface area contributed by atoms with Gasteiger partial charge in [0.15, 0.2) is 5.13 Å². The van der Waals surface area contributed by atoms with E-state index in [9.17, 15) is 14.7 Å². The number of carbonyl (C=O) groups is 2. The standard InChI is InChI=1S/C17H14Cl2N2O3S/c18-12-6-5-9(7-13(12)19)14-8-25-17(20-14)21-15(22)10-3-1-2-4-11(10)16(23)24/h1-2,5-8,10-11H,3-4H2,(H,23,24)(H,20,21,22)/t10-,11+/m0/s1. The summed E-state index contributed by atoms with van der Waals surface area (Å²) in [5, 5.41) is 15.1. The van der Waals surface area contributed by atoms with E-state index in [0.717, 1.165) is 5.56 Å². The molecule has 0 spiro atoms. The molecule has 1 aliphatic carbocycles. The first-order chi connectivity index (χ1) is 12.0. The number of nitrogens with zero attached hydrogens (tertiary/aromatic N) is 1. The van der Waals surface area contributed by atoms with E-state index in [1.54, 1.807) is 29.7 Å². The third kappa shape index (κ3) is 4.03. The highest BCUT2D eigenvalue weighted by atomic mass is 35.5. The first-order valence-corrected chi connectivity index (χ1v) is 9.19. The summed E-state index contributed by atoms with van der Waals surface area (Å²) in [6, 6.07) is 5.18. The lowest BCUT2D eigenvalue weighted by atomic mass is 9.82. The van der Waals surface area contributed by atoms with Crippen LogP contribution in [-0.2, 0) is 9.59 Å². The van der Waals surface area contributed by atoms with Crippen LogP contribution in [-0.4, -0.2) is 22.0 Å². The number of allylic oxidation sites excluding steroid dienone is 2. The molecule has 1 amide bonds. The Bertz CT molecular complexity index is 850. The van der Waals surface area contributed by atoms with Gasteiger partial charge < -0.3 is 10.4 Å². The minimum absolute atomic E-state index is 0.327. The number of thiazole rings is 1. The van der Waals surface area contributed by atoms with Gasteiger partial charge in [-0.3, -0.25) is 9.59 Å². The minimum atomic E-state index is -0.958. The fraction of sp³-hybridized carbons (Fsp3) is 0.235. The number of aromatic nitrogens is 1. The Morgan fingerprint density at radius 3 is 2.56 bits per heavy atom. The van der Waals surface area contributed by atoms with Crippen molar-refractivity contribution < 1.29 is 14.7 Å². The second-order valence-corrected chi connectivity index (χ2v) is 7.32. The number of amides is 1. The van der Waals surface area contributed by atoms with Gasteiger partial charge in [0.2, 0.25) is 5.91 Å². The van der Waals surface area contributed by atoms with Crippen molar-refractivity contribution >= 4 is 51.5 Å². The first-order valence-electron chi connectivity index (χ1n) is 7.55. The summed E-state index contributed by atoms with van der Waals surface area (Å²) >= 11 is 13.2. The molecule has 0 bridgehead atoms. The van der Waals surface area contributed by atoms with Crippen LogP contribution in [0.1, 0.15) is 12.8 Å². The first kappa shape index (κ1) is 17.9. The van der Waals surface area contributed by atoms with E-state index in [4.69, 9.17) is 23.2 Å². The molecule has 0 saturated heterocycles. The number of hydrogen-bond donors (Lipinski definition) is 2. The summed E-state index contributed by atoms with van der Waals surface area (Å²) in [5.74, 6) is -2.59. The van der Waals surface area contributed by atoms with Crippen LogP contribution in [0.4, 0.5) is 5.13 Å². The van der Waals surface area contributed by atoms with E-state index in [1.807, 2.05) is 6.08 Å². The van der Waals surface area contributed by atoms with E-state index in [-0.39, 0.29) is 5.91 Å². The lowest BCUT2D eigenvalue weighted by molar-refractivity contribution is -0.146. The van der Waals surface area contributed by atoms with E-state index < -0.39 is 17.8 Å². The Kier molecular flexibility index (Phi) is 5.42. The van der Waals surface area contributed by atoms with Gasteiger partial charge in [-0.2, -0.15) is 0 Å². The van der Waals surface area contributed by atoms with Gasteiger partial charge in [0.25, 0.3) is 0 Å². The zero-order valence-electron chi connectivity index (χ0n) is 12.9. The van der Waals surface area contributed by atoms with Crippen molar-refractivity contribution in [3.8, 4) is 11.3 Å². The topological polar surface area (TPSA) is 79.3 Å². The molecule has 2 atom stereocenters. The van der Waals surface area contributed by atoms with Crippen molar-refractivity contribution in [2.75, 3.05) is 5.32 Å². The highest BCUT2D eigenvalue weighted by Gasteiger charge is 2.34. The van der Waals surface area contributed by atoms with E-state index in [1.165, 1.54) is 11.3 Å². The van der Waals surface area contributed by atoms with Crippen molar-refractivity contribution in [3.63, 3.8) is 0 Å². The predicted octanol–water partition coefficient (Wildman–Crippen LogP) is 4.72. The van der Waals surface area contributed by atoms with Crippen LogP contribution in [0.2, 0.25) is 10.0 Å². The van der Waals surface area contributed by atoms with Gasteiger partial charge in [-0.15, -0.1) is 11.3 Å². The molecule has 3 rings (SSSR count). The van der Waals surface area contributed by atoms with Crippen LogP contribution in [0.25, 0.3) is 11.3 Å². The predicted molar refractivity (Wildman–Crippen MR) is 99.2 cm³/mol. The molecule has 0 radical (unpaired) electrons. The zero-order chi connectivity index (χ0) is 18.0. The number of benzene rings is 1. The molecule has 2 aromatic rings. The summed E-state index contributed by atoms with van der Waals surface area (Å²) < 4.78 is 0. The summed E-state index contributed by atoms with van der Waals surface area (Å²) in [6.07, 6.45) is 4.41. The number of anilines is 1. The third-order valence-electron chi connectivity index (χ3n) is 4.04. The van der Waals surface area contributed by atoms with Gasteiger partial charge in [-0.05, 0) is 25.0 Å². The Morgan fingerprint density at radius 2 is 1.88 bits per heavy atom. The second kappa shape index (κ2) is 7.56. The van der Waals surface area contributed by atoms with Crippen molar-refractivity contribution in [1.29, 1.82) is 0 Å². The fourth-order valence-corrected chi connectivity index (χ4v) is 3.71. The molecule has 8 heteroatoms. The van der Waals surface area contributed by atoms with E-state index >= 15 is 0 Å². The molecule has 25 heavy (non-hydrogen) atoms. The SMILES string of the molecule is O=C(Nc1nc(-c2ccc(Cl)c(Cl)c2)cs1)[C@H]1CC=CC[C@H]1C(=O)O. The number of aliphatic carboxylic acids is 1. The average Bonchev–Trinajstić information content (AvgIpc) is 3.05. The van der Waals surface area contributed by atoms with Gasteiger partial charge in [-0.25, -0.2) is 4.98 Å². The van der Waals surface area contributed by atoms with Crippen molar-refractivity contribution in [1.82, 2.24) is 4.98 Å². The van der Waals surface area contributed by atoms with Gasteiger partial charge >= 0.3 is 5.97 Å². The van der Waals surface area contributed by atoms with Crippen molar-refractivity contribution in [2.45, 2.75) is 12.8 Å². The molecule has 1 aliphatic rings. The number of carbonyl (C=O) groups excluding carboxylic acids is 1. The largest absolute Gasteiger partial charge is 0.481 e. The van der Waals surface area contributed by atoms with Crippen molar-refractivity contribution in [2.24, 2.45) is 11.8 Å². The van der Waals surface area contributed by atoms with Gasteiger partial charge in [0.05, 0.1) is 27.6 Å². The molecule has 2 N–H and O–H groups in total. The number of rotatable bonds is 4. The maximum absolute atomic E-state index is 12.4. The summed E-state index contributed by atoms with van der Waals surface area (Å²) in [6.45, 7) is 0. The molecule has 1 aromatic carbocycles. The summed E-state index contributed by atoms with van der Waals surface area (Å²) in [4.78, 5) is 28.1. The highest BCUT2D eigenvalue weighted by molar-refractivity contribution is 7.14. The number of carboxylic acid groups (broad SMARTS) is 1. The van der Waals surface area contributed by atoms with Gasteiger partial charge in [0, 0.05) is 10.9 Å². The maximum atomic E-state index is 12.4. The Balaban J connectivity index is 1.74. The quantitative estimate of drug-likeness (QED) is 0.732. The molecule has 0 aliphatic heterocycles. The van der Waals surface area contributed by atoms with Gasteiger partial charge in [-0.1, -0.05) is 41.4 Å². The van der Waals surface area contributed by atoms with E-state index in [2.05, 4.69) is 10.3 Å². The van der Waals surface area contributed by atoms with Crippen molar-refractivity contribution in [3.05, 3.63) is 45.8 Å². The average molecular weight is 397 g/mol. The van der Waals surface area contributed by atoms with Crippen LogP contribution < -0.4 is 5.32 Å². The van der Waals surface area contributed by atoms with Crippen LogP contribution in [0.5, 0.6) is 0 Å². The molecule has 1 aromatic heterocycles. The minimum Gasteiger partial charge on any atom is -0.481 e. The number of nitrogens with one attached hydrogen (secondary N) is 1. The molecule has 1 heterocycles. The normalized spacial score (nSPS) is 19.6. The van der Waals surface area contributed by atoms with Crippen LogP contribution >= 0.6 is 34.5 Å². The number of carboxylic acids is 1.